The zero-order valence-corrected chi connectivity index (χ0v) is 12.7. The Morgan fingerprint density at radius 3 is 2.60 bits per heavy atom. The lowest BCUT2D eigenvalue weighted by Gasteiger charge is -2.36. The van der Waals surface area contributed by atoms with Crippen molar-refractivity contribution in [3.05, 3.63) is 24.3 Å². The average Bonchev–Trinajstić information content (AvgIpc) is 2.47. The molecule has 20 heavy (non-hydrogen) atoms. The molecule has 1 aromatic rings. The first-order valence-corrected chi connectivity index (χ1v) is 7.31. The normalized spacial score (nSPS) is 23.6. The van der Waals surface area contributed by atoms with E-state index < -0.39 is 0 Å². The second-order valence-electron chi connectivity index (χ2n) is 5.37. The smallest absolute Gasteiger partial charge is 0.119 e. The van der Waals surface area contributed by atoms with E-state index >= 15 is 0 Å². The molecule has 4 heteroatoms. The van der Waals surface area contributed by atoms with Crippen molar-refractivity contribution < 1.29 is 14.2 Å². The van der Waals surface area contributed by atoms with Crippen LogP contribution in [-0.2, 0) is 4.74 Å². The van der Waals surface area contributed by atoms with Gasteiger partial charge < -0.3 is 14.2 Å². The molecule has 2 atom stereocenters. The molecular weight excluding hydrogens is 254 g/mol. The van der Waals surface area contributed by atoms with Gasteiger partial charge in [0.1, 0.15) is 11.5 Å². The number of methoxy groups -OCH3 is 1. The highest BCUT2D eigenvalue weighted by atomic mass is 16.5. The Morgan fingerprint density at radius 1 is 1.20 bits per heavy atom. The molecule has 0 spiro atoms. The minimum atomic E-state index is 0.341. The lowest BCUT2D eigenvalue weighted by atomic mass is 10.2. The Kier molecular flexibility index (Phi) is 5.68. The summed E-state index contributed by atoms with van der Waals surface area (Å²) in [6.45, 7) is 8.00. The summed E-state index contributed by atoms with van der Waals surface area (Å²) in [7, 11) is 1.67. The maximum atomic E-state index is 5.75. The average molecular weight is 279 g/mol. The van der Waals surface area contributed by atoms with E-state index in [0.717, 1.165) is 44.2 Å². The van der Waals surface area contributed by atoms with E-state index in [2.05, 4.69) is 18.7 Å². The summed E-state index contributed by atoms with van der Waals surface area (Å²) >= 11 is 0. The quantitative estimate of drug-likeness (QED) is 0.749. The van der Waals surface area contributed by atoms with E-state index in [0.29, 0.717) is 12.1 Å². The van der Waals surface area contributed by atoms with Crippen LogP contribution in [0.1, 0.15) is 20.3 Å². The van der Waals surface area contributed by atoms with Crippen LogP contribution >= 0.6 is 0 Å². The molecule has 1 heterocycles. The van der Waals surface area contributed by atoms with E-state index in [9.17, 15) is 0 Å². The molecule has 1 fully saturated rings. The third-order valence-electron chi connectivity index (χ3n) is 3.65. The van der Waals surface area contributed by atoms with E-state index in [-0.39, 0.29) is 0 Å². The van der Waals surface area contributed by atoms with Gasteiger partial charge in [-0.05, 0) is 44.5 Å². The molecule has 0 aliphatic carbocycles. The van der Waals surface area contributed by atoms with Gasteiger partial charge in [-0.3, -0.25) is 4.90 Å². The van der Waals surface area contributed by atoms with Gasteiger partial charge in [0.2, 0.25) is 0 Å². The molecule has 1 saturated heterocycles. The second kappa shape index (κ2) is 7.50. The van der Waals surface area contributed by atoms with Crippen molar-refractivity contribution in [1.29, 1.82) is 0 Å². The van der Waals surface area contributed by atoms with Crippen molar-refractivity contribution in [2.45, 2.75) is 32.4 Å². The molecular formula is C16H25NO3. The van der Waals surface area contributed by atoms with E-state index in [1.807, 2.05) is 24.3 Å². The molecule has 0 saturated carbocycles. The van der Waals surface area contributed by atoms with Gasteiger partial charge in [-0.15, -0.1) is 0 Å². The first kappa shape index (κ1) is 15.1. The summed E-state index contributed by atoms with van der Waals surface area (Å²) in [4.78, 5) is 2.48. The molecule has 1 aromatic carbocycles. The molecule has 1 aliphatic heterocycles. The van der Waals surface area contributed by atoms with Crippen molar-refractivity contribution in [3.8, 4) is 11.5 Å². The fraction of sp³-hybridized carbons (Fsp3) is 0.625. The highest BCUT2D eigenvalue weighted by Gasteiger charge is 2.22. The molecule has 0 bridgehead atoms. The number of morpholine rings is 1. The van der Waals surface area contributed by atoms with E-state index in [1.165, 1.54) is 0 Å². The van der Waals surface area contributed by atoms with Gasteiger partial charge in [0, 0.05) is 19.1 Å². The van der Waals surface area contributed by atoms with Crippen LogP contribution < -0.4 is 9.47 Å². The Morgan fingerprint density at radius 2 is 1.90 bits per heavy atom. The second-order valence-corrected chi connectivity index (χ2v) is 5.37. The third kappa shape index (κ3) is 4.39. The van der Waals surface area contributed by atoms with Crippen molar-refractivity contribution >= 4 is 0 Å². The lowest BCUT2D eigenvalue weighted by Crippen LogP contribution is -2.47. The van der Waals surface area contributed by atoms with Gasteiger partial charge in [0.15, 0.2) is 0 Å². The van der Waals surface area contributed by atoms with Crippen LogP contribution in [0.25, 0.3) is 0 Å². The van der Waals surface area contributed by atoms with Gasteiger partial charge >= 0.3 is 0 Å². The summed E-state index contributed by atoms with van der Waals surface area (Å²) in [5, 5.41) is 0. The molecule has 4 nitrogen and oxygen atoms in total. The van der Waals surface area contributed by atoms with Gasteiger partial charge in [-0.1, -0.05) is 0 Å². The largest absolute Gasteiger partial charge is 0.497 e. The van der Waals surface area contributed by atoms with Crippen LogP contribution in [0.4, 0.5) is 0 Å². The predicted octanol–water partition coefficient (Wildman–Crippen LogP) is 2.57. The molecule has 0 amide bonds. The minimum Gasteiger partial charge on any atom is -0.497 e. The maximum Gasteiger partial charge on any atom is 0.119 e. The molecule has 0 N–H and O–H groups in total. The number of hydrogen-bond donors (Lipinski definition) is 0. The van der Waals surface area contributed by atoms with Crippen LogP contribution in [0.3, 0.4) is 0 Å². The predicted molar refractivity (Wildman–Crippen MR) is 79.6 cm³/mol. The summed E-state index contributed by atoms with van der Waals surface area (Å²) in [6.07, 6.45) is 1.37. The van der Waals surface area contributed by atoms with Crippen molar-refractivity contribution in [1.82, 2.24) is 4.90 Å². The SMILES string of the molecule is COc1ccc(OCCCN2CC(C)OCC2C)cc1. The van der Waals surface area contributed by atoms with E-state index in [4.69, 9.17) is 14.2 Å². The first-order valence-electron chi connectivity index (χ1n) is 7.31. The van der Waals surface area contributed by atoms with Gasteiger partial charge in [0.05, 0.1) is 26.4 Å². The molecule has 2 rings (SSSR count). The number of hydrogen-bond acceptors (Lipinski definition) is 4. The monoisotopic (exact) mass is 279 g/mol. The highest BCUT2D eigenvalue weighted by molar-refractivity contribution is 5.31. The summed E-state index contributed by atoms with van der Waals surface area (Å²) in [5.41, 5.74) is 0. The van der Waals surface area contributed by atoms with Gasteiger partial charge in [-0.25, -0.2) is 0 Å². The minimum absolute atomic E-state index is 0.341. The Hall–Kier alpha value is -1.26. The van der Waals surface area contributed by atoms with Crippen LogP contribution in [0.5, 0.6) is 11.5 Å². The standard InChI is InChI=1S/C16H25NO3/c1-13-12-20-14(2)11-17(13)9-4-10-19-16-7-5-15(18-3)6-8-16/h5-8,13-14H,4,9-12H2,1-3H3. The summed E-state index contributed by atoms with van der Waals surface area (Å²) in [6, 6.07) is 8.23. The van der Waals surface area contributed by atoms with Crippen LogP contribution in [0.15, 0.2) is 24.3 Å². The zero-order chi connectivity index (χ0) is 14.4. The Balaban J connectivity index is 1.67. The van der Waals surface area contributed by atoms with Crippen LogP contribution in [-0.4, -0.2) is 50.5 Å². The summed E-state index contributed by atoms with van der Waals surface area (Å²) in [5.74, 6) is 1.75. The number of ether oxygens (including phenoxy) is 3. The van der Waals surface area contributed by atoms with Crippen molar-refractivity contribution in [2.24, 2.45) is 0 Å². The molecule has 0 radical (unpaired) electrons. The van der Waals surface area contributed by atoms with Crippen molar-refractivity contribution in [2.75, 3.05) is 33.4 Å². The first-order chi connectivity index (χ1) is 9.69. The highest BCUT2D eigenvalue weighted by Crippen LogP contribution is 2.17. The number of rotatable bonds is 6. The molecule has 112 valence electrons. The summed E-state index contributed by atoms with van der Waals surface area (Å²) < 4.78 is 16.5. The number of benzene rings is 1. The van der Waals surface area contributed by atoms with E-state index in [1.54, 1.807) is 7.11 Å². The topological polar surface area (TPSA) is 30.9 Å². The number of nitrogens with zero attached hydrogens (tertiary/aromatic N) is 1. The lowest BCUT2D eigenvalue weighted by molar-refractivity contribution is -0.0502. The molecule has 1 aliphatic rings. The van der Waals surface area contributed by atoms with Gasteiger partial charge in [-0.2, -0.15) is 0 Å². The Bertz CT molecular complexity index is 393. The third-order valence-corrected chi connectivity index (χ3v) is 3.65. The van der Waals surface area contributed by atoms with Crippen LogP contribution in [0.2, 0.25) is 0 Å². The fourth-order valence-electron chi connectivity index (χ4n) is 2.41. The fourth-order valence-corrected chi connectivity index (χ4v) is 2.41. The maximum absolute atomic E-state index is 5.75. The molecule has 0 aromatic heterocycles. The Labute approximate surface area is 121 Å². The van der Waals surface area contributed by atoms with Gasteiger partial charge in [0.25, 0.3) is 0 Å². The van der Waals surface area contributed by atoms with Crippen LogP contribution in [0, 0.1) is 0 Å². The zero-order valence-electron chi connectivity index (χ0n) is 12.7. The molecule has 2 unspecified atom stereocenters. The van der Waals surface area contributed by atoms with Crippen molar-refractivity contribution in [3.63, 3.8) is 0 Å².